The molecule has 0 radical (unpaired) electrons. The zero-order valence-electron chi connectivity index (χ0n) is 12.4. The molecule has 22 heavy (non-hydrogen) atoms. The molecule has 0 spiro atoms. The Morgan fingerprint density at radius 2 is 1.95 bits per heavy atom. The molecule has 0 amide bonds. The highest BCUT2D eigenvalue weighted by atomic mass is 79.9. The second-order valence-corrected chi connectivity index (χ2v) is 5.35. The van der Waals surface area contributed by atoms with Crippen molar-refractivity contribution in [2.45, 2.75) is 13.8 Å². The minimum absolute atomic E-state index is 0.230. The van der Waals surface area contributed by atoms with Crippen LogP contribution < -0.4 is 0 Å². The van der Waals surface area contributed by atoms with Crippen molar-refractivity contribution < 1.29 is 9.53 Å². The van der Waals surface area contributed by atoms with Crippen LogP contribution in [0.25, 0.3) is 5.69 Å². The van der Waals surface area contributed by atoms with E-state index in [2.05, 4.69) is 26.1 Å². The number of hydrogen-bond donors (Lipinski definition) is 0. The van der Waals surface area contributed by atoms with Gasteiger partial charge in [0.25, 0.3) is 0 Å². The number of ether oxygens (including phenoxy) is 1. The van der Waals surface area contributed by atoms with Crippen molar-refractivity contribution in [2.24, 2.45) is 0 Å². The van der Waals surface area contributed by atoms with Gasteiger partial charge in [0.1, 0.15) is 0 Å². The molecule has 6 heteroatoms. The van der Waals surface area contributed by atoms with Crippen molar-refractivity contribution in [3.63, 3.8) is 0 Å². The minimum Gasteiger partial charge on any atom is -0.461 e. The van der Waals surface area contributed by atoms with Crippen LogP contribution in [0.3, 0.4) is 0 Å². The molecule has 114 valence electrons. The van der Waals surface area contributed by atoms with Crippen molar-refractivity contribution >= 4 is 21.9 Å². The summed E-state index contributed by atoms with van der Waals surface area (Å²) in [5.74, 6) is -0.469. The number of esters is 1. The minimum atomic E-state index is -0.469. The largest absolute Gasteiger partial charge is 0.461 e. The summed E-state index contributed by atoms with van der Waals surface area (Å²) >= 11 is 3.39. The molecule has 2 aromatic rings. The fourth-order valence-corrected chi connectivity index (χ4v) is 1.99. The van der Waals surface area contributed by atoms with Crippen LogP contribution in [0.2, 0.25) is 0 Å². The average molecular weight is 362 g/mol. The fraction of sp³-hybridized carbons (Fsp3) is 0.188. The molecule has 1 aromatic heterocycles. The van der Waals surface area contributed by atoms with E-state index in [1.54, 1.807) is 31.3 Å². The first kappa shape index (κ1) is 16.2. The van der Waals surface area contributed by atoms with E-state index in [4.69, 9.17) is 4.74 Å². The first-order valence-corrected chi connectivity index (χ1v) is 7.60. The Kier molecular flexibility index (Phi) is 5.66. The SMILES string of the molecule is CCOC(=O)c1nn(-c2ccc(Br)cc2)nccccc1C. The Bertz CT molecular complexity index is 710. The molecule has 0 saturated carbocycles. The third-order valence-corrected chi connectivity index (χ3v) is 3.34. The number of hydrogen-bond acceptors (Lipinski definition) is 4. The quantitative estimate of drug-likeness (QED) is 0.783. The Morgan fingerprint density at radius 3 is 2.64 bits per heavy atom. The van der Waals surface area contributed by atoms with Gasteiger partial charge in [-0.1, -0.05) is 28.1 Å². The van der Waals surface area contributed by atoms with Crippen molar-refractivity contribution in [3.8, 4) is 5.69 Å². The van der Waals surface area contributed by atoms with Crippen molar-refractivity contribution in [1.29, 1.82) is 0 Å². The highest BCUT2D eigenvalue weighted by Crippen LogP contribution is 2.12. The van der Waals surface area contributed by atoms with Gasteiger partial charge in [0.2, 0.25) is 0 Å². The molecule has 0 fully saturated rings. The predicted octanol–water partition coefficient (Wildman–Crippen LogP) is 3.64. The summed E-state index contributed by atoms with van der Waals surface area (Å²) in [6.45, 7) is 3.87. The number of halogens is 1. The van der Waals surface area contributed by atoms with Crippen LogP contribution in [0.4, 0.5) is 0 Å². The smallest absolute Gasteiger partial charge is 0.359 e. The molecule has 0 atom stereocenters. The van der Waals surface area contributed by atoms with Gasteiger partial charge >= 0.3 is 5.97 Å². The zero-order chi connectivity index (χ0) is 15.9. The second-order valence-electron chi connectivity index (χ2n) is 4.43. The first-order valence-electron chi connectivity index (χ1n) is 6.81. The summed E-state index contributed by atoms with van der Waals surface area (Å²) in [6.07, 6.45) is 1.61. The summed E-state index contributed by atoms with van der Waals surface area (Å²) in [4.78, 5) is 13.5. The standard InChI is InChI=1S/C16H16BrN3O2/c1-3-22-16(21)15-12(2)6-4-5-11-18-20(19-15)14-9-7-13(17)8-10-14/h4-11H,3H2,1-2H3. The predicted molar refractivity (Wildman–Crippen MR) is 87.4 cm³/mol. The van der Waals surface area contributed by atoms with Gasteiger partial charge in [-0.2, -0.15) is 9.90 Å². The molecular weight excluding hydrogens is 346 g/mol. The van der Waals surface area contributed by atoms with Gasteiger partial charge in [-0.15, -0.1) is 5.10 Å². The van der Waals surface area contributed by atoms with E-state index in [1.807, 2.05) is 31.2 Å². The molecule has 5 nitrogen and oxygen atoms in total. The van der Waals surface area contributed by atoms with Gasteiger partial charge in [0.05, 0.1) is 12.3 Å². The van der Waals surface area contributed by atoms with Gasteiger partial charge in [-0.05, 0) is 49.7 Å². The maximum absolute atomic E-state index is 12.1. The van der Waals surface area contributed by atoms with Gasteiger partial charge in [-0.25, -0.2) is 4.79 Å². The Labute approximate surface area is 137 Å². The molecule has 0 unspecified atom stereocenters. The topological polar surface area (TPSA) is 57.0 Å². The van der Waals surface area contributed by atoms with E-state index in [1.165, 1.54) is 4.80 Å². The van der Waals surface area contributed by atoms with Crippen molar-refractivity contribution in [2.75, 3.05) is 6.61 Å². The molecule has 0 aliphatic heterocycles. The van der Waals surface area contributed by atoms with Crippen LogP contribution in [-0.2, 0) is 4.74 Å². The number of benzene rings is 1. The highest BCUT2D eigenvalue weighted by Gasteiger charge is 2.11. The van der Waals surface area contributed by atoms with Crippen molar-refractivity contribution in [3.05, 3.63) is 64.4 Å². The Hall–Kier alpha value is -2.21. The molecular formula is C16H16BrN3O2. The first-order chi connectivity index (χ1) is 10.6. The van der Waals surface area contributed by atoms with E-state index in [9.17, 15) is 4.79 Å². The number of nitrogens with zero attached hydrogens (tertiary/aromatic N) is 3. The van der Waals surface area contributed by atoms with E-state index in [0.717, 1.165) is 10.2 Å². The fourth-order valence-electron chi connectivity index (χ4n) is 1.73. The second kappa shape index (κ2) is 7.70. The molecule has 0 bridgehead atoms. The maximum atomic E-state index is 12.1. The molecule has 1 aromatic carbocycles. The van der Waals surface area contributed by atoms with Crippen LogP contribution in [0.1, 0.15) is 23.0 Å². The van der Waals surface area contributed by atoms with Crippen LogP contribution in [0, 0.1) is 6.92 Å². The zero-order valence-corrected chi connectivity index (χ0v) is 13.9. The summed E-state index contributed by atoms with van der Waals surface area (Å²) in [5.41, 5.74) is 1.68. The third kappa shape index (κ3) is 4.14. The summed E-state index contributed by atoms with van der Waals surface area (Å²) in [6, 6.07) is 12.9. The summed E-state index contributed by atoms with van der Waals surface area (Å²) < 4.78 is 6.03. The lowest BCUT2D eigenvalue weighted by molar-refractivity contribution is 0.0516. The summed E-state index contributed by atoms with van der Waals surface area (Å²) in [5, 5.41) is 8.60. The number of rotatable bonds is 3. The lowest BCUT2D eigenvalue weighted by Crippen LogP contribution is -2.13. The highest BCUT2D eigenvalue weighted by molar-refractivity contribution is 9.10. The number of aromatic nitrogens is 3. The van der Waals surface area contributed by atoms with Gasteiger partial charge in [0, 0.05) is 10.7 Å². The molecule has 2 rings (SSSR count). The van der Waals surface area contributed by atoms with E-state index in [0.29, 0.717) is 12.2 Å². The number of carbonyl (C=O) groups is 1. The lowest BCUT2D eigenvalue weighted by Gasteiger charge is -2.05. The lowest BCUT2D eigenvalue weighted by atomic mass is 10.2. The Balaban J connectivity index is 2.64. The van der Waals surface area contributed by atoms with Gasteiger partial charge < -0.3 is 4.74 Å². The van der Waals surface area contributed by atoms with Gasteiger partial charge in [-0.3, -0.25) is 0 Å². The average Bonchev–Trinajstić information content (AvgIpc) is 2.59. The van der Waals surface area contributed by atoms with Crippen LogP contribution in [0.15, 0.2) is 53.1 Å². The van der Waals surface area contributed by atoms with E-state index < -0.39 is 5.97 Å². The molecule has 0 N–H and O–H groups in total. The molecule has 0 aliphatic carbocycles. The molecule has 0 saturated heterocycles. The number of carbonyl (C=O) groups excluding carboxylic acids is 1. The Morgan fingerprint density at radius 1 is 1.23 bits per heavy atom. The third-order valence-electron chi connectivity index (χ3n) is 2.81. The maximum Gasteiger partial charge on any atom is 0.359 e. The van der Waals surface area contributed by atoms with E-state index in [-0.39, 0.29) is 5.69 Å². The van der Waals surface area contributed by atoms with E-state index >= 15 is 0 Å². The monoisotopic (exact) mass is 361 g/mol. The molecule has 1 heterocycles. The van der Waals surface area contributed by atoms with Crippen LogP contribution in [0.5, 0.6) is 0 Å². The van der Waals surface area contributed by atoms with Crippen LogP contribution in [-0.4, -0.2) is 27.6 Å². The van der Waals surface area contributed by atoms with Crippen molar-refractivity contribution in [1.82, 2.24) is 15.0 Å². The normalized spacial score (nSPS) is 9.95. The number of aryl methyl sites for hydroxylation is 1. The summed E-state index contributed by atoms with van der Waals surface area (Å²) in [7, 11) is 0. The van der Waals surface area contributed by atoms with Crippen LogP contribution >= 0.6 is 15.9 Å². The van der Waals surface area contributed by atoms with Gasteiger partial charge in [0.15, 0.2) is 5.69 Å². The molecule has 0 aliphatic rings.